The maximum atomic E-state index is 12.2. The van der Waals surface area contributed by atoms with Crippen molar-refractivity contribution < 1.29 is 19.1 Å². The Morgan fingerprint density at radius 3 is 2.06 bits per heavy atom. The lowest BCUT2D eigenvalue weighted by atomic mass is 9.80. The summed E-state index contributed by atoms with van der Waals surface area (Å²) in [6.45, 7) is 12.4. The van der Waals surface area contributed by atoms with Gasteiger partial charge in [0, 0.05) is 12.8 Å². The molecular formula is C26H34ClN3O4. The van der Waals surface area contributed by atoms with Crippen LogP contribution in [0, 0.1) is 0 Å². The number of hydrogen-bond acceptors (Lipinski definition) is 4. The molecule has 0 bridgehead atoms. The first-order valence-electron chi connectivity index (χ1n) is 11.2. The van der Waals surface area contributed by atoms with Crippen molar-refractivity contribution in [3.8, 4) is 5.75 Å². The van der Waals surface area contributed by atoms with Gasteiger partial charge in [0.15, 0.2) is 6.61 Å². The molecule has 0 aromatic heterocycles. The molecule has 0 radical (unpaired) electrons. The first-order chi connectivity index (χ1) is 15.8. The Kier molecular flexibility index (Phi) is 9.10. The highest BCUT2D eigenvalue weighted by atomic mass is 35.5. The van der Waals surface area contributed by atoms with Crippen molar-refractivity contribution in [3.63, 3.8) is 0 Å². The normalized spacial score (nSPS) is 11.5. The molecule has 0 saturated carbocycles. The van der Waals surface area contributed by atoms with Crippen LogP contribution in [-0.2, 0) is 25.2 Å². The van der Waals surface area contributed by atoms with Gasteiger partial charge in [0.05, 0.1) is 10.7 Å². The number of amides is 3. The summed E-state index contributed by atoms with van der Waals surface area (Å²) in [6, 6.07) is 12.8. The second-order valence-electron chi connectivity index (χ2n) is 10.1. The van der Waals surface area contributed by atoms with Crippen molar-refractivity contribution in [1.82, 2.24) is 10.9 Å². The second-order valence-corrected chi connectivity index (χ2v) is 10.5. The highest BCUT2D eigenvalue weighted by Crippen LogP contribution is 2.35. The number of ether oxygens (including phenoxy) is 1. The molecular weight excluding hydrogens is 454 g/mol. The highest BCUT2D eigenvalue weighted by molar-refractivity contribution is 6.33. The summed E-state index contributed by atoms with van der Waals surface area (Å²) in [4.78, 5) is 36.2. The molecule has 0 aliphatic heterocycles. The van der Waals surface area contributed by atoms with Gasteiger partial charge in [-0.3, -0.25) is 25.2 Å². The van der Waals surface area contributed by atoms with Crippen LogP contribution in [0.25, 0.3) is 0 Å². The number of hydrogen-bond donors (Lipinski definition) is 3. The number of benzene rings is 2. The lowest BCUT2D eigenvalue weighted by molar-refractivity contribution is -0.130. The quantitative estimate of drug-likeness (QED) is 0.485. The number of anilines is 1. The van der Waals surface area contributed by atoms with E-state index in [0.717, 1.165) is 5.56 Å². The monoisotopic (exact) mass is 487 g/mol. The fourth-order valence-corrected chi connectivity index (χ4v) is 3.28. The second kappa shape index (κ2) is 11.4. The van der Waals surface area contributed by atoms with Gasteiger partial charge in [0.1, 0.15) is 5.75 Å². The maximum Gasteiger partial charge on any atom is 0.276 e. The molecule has 2 aromatic rings. The predicted octanol–water partition coefficient (Wildman–Crippen LogP) is 4.88. The zero-order chi connectivity index (χ0) is 25.5. The van der Waals surface area contributed by atoms with E-state index in [1.807, 2.05) is 12.1 Å². The summed E-state index contributed by atoms with van der Waals surface area (Å²) >= 11 is 6.00. The number of nitrogens with one attached hydrogen (secondary N) is 3. The molecule has 0 aliphatic rings. The van der Waals surface area contributed by atoms with Crippen molar-refractivity contribution >= 4 is 35.0 Å². The van der Waals surface area contributed by atoms with E-state index in [-0.39, 0.29) is 36.2 Å². The topological polar surface area (TPSA) is 96.5 Å². The van der Waals surface area contributed by atoms with Crippen LogP contribution in [0.15, 0.2) is 42.5 Å². The molecule has 34 heavy (non-hydrogen) atoms. The van der Waals surface area contributed by atoms with Gasteiger partial charge in [-0.2, -0.15) is 0 Å². The minimum absolute atomic E-state index is 0.00948. The number of hydrazine groups is 1. The number of rotatable bonds is 7. The summed E-state index contributed by atoms with van der Waals surface area (Å²) in [7, 11) is 0. The minimum Gasteiger partial charge on any atom is -0.483 e. The lowest BCUT2D eigenvalue weighted by Crippen LogP contribution is -2.44. The zero-order valence-corrected chi connectivity index (χ0v) is 21.4. The van der Waals surface area contributed by atoms with Crippen LogP contribution >= 0.6 is 11.6 Å². The van der Waals surface area contributed by atoms with E-state index in [1.165, 1.54) is 5.56 Å². The van der Waals surface area contributed by atoms with Crippen molar-refractivity contribution in [1.29, 1.82) is 0 Å². The van der Waals surface area contributed by atoms with E-state index >= 15 is 0 Å². The fourth-order valence-electron chi connectivity index (χ4n) is 3.09. The van der Waals surface area contributed by atoms with Crippen LogP contribution in [0.5, 0.6) is 5.75 Å². The lowest BCUT2D eigenvalue weighted by Gasteiger charge is -2.27. The van der Waals surface area contributed by atoms with E-state index in [2.05, 4.69) is 63.8 Å². The minimum atomic E-state index is -0.506. The first kappa shape index (κ1) is 27.2. The van der Waals surface area contributed by atoms with Gasteiger partial charge in [0.25, 0.3) is 5.91 Å². The summed E-state index contributed by atoms with van der Waals surface area (Å²) in [5, 5.41) is 3.05. The Morgan fingerprint density at radius 1 is 0.824 bits per heavy atom. The van der Waals surface area contributed by atoms with Crippen LogP contribution in [0.3, 0.4) is 0 Å². The van der Waals surface area contributed by atoms with Gasteiger partial charge in [-0.1, -0.05) is 77.4 Å². The Morgan fingerprint density at radius 2 is 1.44 bits per heavy atom. The Labute approximate surface area is 206 Å². The molecule has 2 aromatic carbocycles. The molecule has 3 N–H and O–H groups in total. The average Bonchev–Trinajstić information content (AvgIpc) is 2.75. The zero-order valence-electron chi connectivity index (χ0n) is 20.7. The van der Waals surface area contributed by atoms with Crippen LogP contribution in [0.1, 0.15) is 65.5 Å². The van der Waals surface area contributed by atoms with E-state index in [0.29, 0.717) is 16.5 Å². The molecule has 0 saturated heterocycles. The molecule has 0 atom stereocenters. The summed E-state index contributed by atoms with van der Waals surface area (Å²) in [5.74, 6) is -0.731. The van der Waals surface area contributed by atoms with Crippen LogP contribution in [-0.4, -0.2) is 24.3 Å². The van der Waals surface area contributed by atoms with Crippen molar-refractivity contribution in [3.05, 3.63) is 58.6 Å². The largest absolute Gasteiger partial charge is 0.483 e. The highest BCUT2D eigenvalue weighted by Gasteiger charge is 2.23. The average molecular weight is 488 g/mol. The molecule has 0 spiro atoms. The molecule has 0 heterocycles. The summed E-state index contributed by atoms with van der Waals surface area (Å²) in [6.07, 6.45) is -0.154. The number of halogens is 1. The molecule has 8 heteroatoms. The van der Waals surface area contributed by atoms with Gasteiger partial charge >= 0.3 is 0 Å². The SMILES string of the molecule is CC(C)(C)c1ccc(OCC(=O)NNC(=O)CCC(=O)Nc2ccccc2Cl)c(C(C)(C)C)c1. The smallest absolute Gasteiger partial charge is 0.276 e. The third-order valence-corrected chi connectivity index (χ3v) is 5.41. The van der Waals surface area contributed by atoms with E-state index < -0.39 is 11.8 Å². The number of carbonyl (C=O) groups excluding carboxylic acids is 3. The van der Waals surface area contributed by atoms with Gasteiger partial charge in [-0.25, -0.2) is 0 Å². The van der Waals surface area contributed by atoms with E-state index in [4.69, 9.17) is 16.3 Å². The van der Waals surface area contributed by atoms with Crippen LogP contribution in [0.4, 0.5) is 5.69 Å². The molecule has 2 rings (SSSR count). The maximum absolute atomic E-state index is 12.2. The van der Waals surface area contributed by atoms with E-state index in [1.54, 1.807) is 24.3 Å². The predicted molar refractivity (Wildman–Crippen MR) is 135 cm³/mol. The van der Waals surface area contributed by atoms with Crippen molar-refractivity contribution in [2.24, 2.45) is 0 Å². The van der Waals surface area contributed by atoms with Crippen LogP contribution < -0.4 is 20.9 Å². The van der Waals surface area contributed by atoms with Gasteiger partial charge in [-0.15, -0.1) is 0 Å². The molecule has 0 aliphatic carbocycles. The Balaban J connectivity index is 1.82. The standard InChI is InChI=1S/C26H34ClN3O4/c1-25(2,3)17-11-12-21(18(15-17)26(4,5)6)34-16-24(33)30-29-23(32)14-13-22(31)28-20-10-8-7-9-19(20)27/h7-12,15H,13-14,16H2,1-6H3,(H,28,31)(H,29,32)(H,30,33). The van der Waals surface area contributed by atoms with Gasteiger partial charge < -0.3 is 10.1 Å². The van der Waals surface area contributed by atoms with Crippen molar-refractivity contribution in [2.45, 2.75) is 65.2 Å². The molecule has 184 valence electrons. The first-order valence-corrected chi connectivity index (χ1v) is 11.5. The summed E-state index contributed by atoms with van der Waals surface area (Å²) < 4.78 is 5.76. The van der Waals surface area contributed by atoms with Crippen molar-refractivity contribution in [2.75, 3.05) is 11.9 Å². The molecule has 0 fully saturated rings. The van der Waals surface area contributed by atoms with Crippen LogP contribution in [0.2, 0.25) is 5.02 Å². The summed E-state index contributed by atoms with van der Waals surface area (Å²) in [5.41, 5.74) is 7.09. The third-order valence-electron chi connectivity index (χ3n) is 5.08. The van der Waals surface area contributed by atoms with E-state index in [9.17, 15) is 14.4 Å². The number of carbonyl (C=O) groups is 3. The number of para-hydroxylation sites is 1. The molecule has 3 amide bonds. The third kappa shape index (κ3) is 8.37. The Hall–Kier alpha value is -3.06. The Bertz CT molecular complexity index is 1040. The fraction of sp³-hybridized carbons (Fsp3) is 0.423. The molecule has 0 unspecified atom stereocenters. The van der Waals surface area contributed by atoms with Gasteiger partial charge in [0.2, 0.25) is 11.8 Å². The molecule has 7 nitrogen and oxygen atoms in total. The van der Waals surface area contributed by atoms with Gasteiger partial charge in [-0.05, 0) is 40.2 Å².